The van der Waals surface area contributed by atoms with Crippen molar-refractivity contribution in [3.05, 3.63) is 11.5 Å². The Balaban J connectivity index is 3.17. The van der Waals surface area contributed by atoms with Gasteiger partial charge in [-0.2, -0.15) is 0 Å². The molecule has 1 aromatic rings. The molecular formula is C5H11N4P. The molecule has 1 unspecified atom stereocenters. The van der Waals surface area contributed by atoms with E-state index >= 15 is 0 Å². The Morgan fingerprint density at radius 3 is 2.40 bits per heavy atom. The summed E-state index contributed by atoms with van der Waals surface area (Å²) in [5.41, 5.74) is 3.53. The van der Waals surface area contributed by atoms with Gasteiger partial charge in [0.05, 0.1) is 5.69 Å². The van der Waals surface area contributed by atoms with Crippen LogP contribution in [0.4, 0.5) is 5.82 Å². The number of imidazole rings is 1. The highest BCUT2D eigenvalue weighted by Crippen LogP contribution is 2.16. The lowest BCUT2D eigenvalue weighted by atomic mass is 10.5. The highest BCUT2D eigenvalue weighted by Gasteiger charge is 2.04. The normalized spacial score (nSPS) is 10.0. The zero-order valence-corrected chi connectivity index (χ0v) is 7.20. The number of hydrogen-bond donors (Lipinski definition) is 2. The van der Waals surface area contributed by atoms with Crippen LogP contribution in [0.1, 0.15) is 11.5 Å². The zero-order chi connectivity index (χ0) is 7.72. The molecule has 1 heterocycles. The fourth-order valence-corrected chi connectivity index (χ4v) is 0.970. The smallest absolute Gasteiger partial charge is 0.161 e. The Labute approximate surface area is 62.0 Å². The van der Waals surface area contributed by atoms with Gasteiger partial charge in [-0.1, -0.05) is 0 Å². The fourth-order valence-electron chi connectivity index (χ4n) is 0.790. The van der Waals surface area contributed by atoms with Crippen LogP contribution in [0.2, 0.25) is 0 Å². The molecule has 0 saturated carbocycles. The van der Waals surface area contributed by atoms with E-state index in [1.54, 1.807) is 0 Å². The van der Waals surface area contributed by atoms with Crippen LogP contribution >= 0.6 is 9.39 Å². The Kier molecular flexibility index (Phi) is 1.92. The molecule has 0 aromatic carbocycles. The number of anilines is 1. The summed E-state index contributed by atoms with van der Waals surface area (Å²) >= 11 is 0. The van der Waals surface area contributed by atoms with Crippen molar-refractivity contribution in [2.75, 3.05) is 5.43 Å². The molecule has 1 atom stereocenters. The average molecular weight is 158 g/mol. The van der Waals surface area contributed by atoms with Gasteiger partial charge in [0.2, 0.25) is 0 Å². The van der Waals surface area contributed by atoms with Crippen molar-refractivity contribution in [1.82, 2.24) is 9.32 Å². The summed E-state index contributed by atoms with van der Waals surface area (Å²) in [6.07, 6.45) is 0. The molecule has 1 rings (SSSR count). The van der Waals surface area contributed by atoms with Crippen molar-refractivity contribution in [2.24, 2.45) is 5.84 Å². The van der Waals surface area contributed by atoms with E-state index in [2.05, 4.69) is 19.8 Å². The number of nitrogens with zero attached hydrogens (tertiary/aromatic N) is 2. The number of aryl methyl sites for hydroxylation is 1. The van der Waals surface area contributed by atoms with Crippen molar-refractivity contribution < 1.29 is 0 Å². The fraction of sp³-hybridized carbons (Fsp3) is 0.400. The van der Waals surface area contributed by atoms with E-state index in [-0.39, 0.29) is 0 Å². The molecule has 0 saturated heterocycles. The minimum atomic E-state index is 0.729. The quantitative estimate of drug-likeness (QED) is 0.354. The van der Waals surface area contributed by atoms with Crippen molar-refractivity contribution >= 4 is 15.2 Å². The predicted molar refractivity (Wildman–Crippen MR) is 44.6 cm³/mol. The zero-order valence-electron chi connectivity index (χ0n) is 6.05. The molecule has 0 spiro atoms. The molecule has 4 nitrogen and oxygen atoms in total. The molecule has 0 bridgehead atoms. The third-order valence-corrected chi connectivity index (χ3v) is 2.22. The van der Waals surface area contributed by atoms with Crippen LogP contribution in [-0.2, 0) is 0 Å². The maximum absolute atomic E-state index is 5.20. The van der Waals surface area contributed by atoms with E-state index in [0.29, 0.717) is 0 Å². The molecule has 0 amide bonds. The van der Waals surface area contributed by atoms with Gasteiger partial charge in [-0.05, 0) is 23.2 Å². The molecule has 0 aliphatic carbocycles. The monoisotopic (exact) mass is 158 g/mol. The molecule has 0 radical (unpaired) electrons. The topological polar surface area (TPSA) is 55.9 Å². The first-order valence-electron chi connectivity index (χ1n) is 2.94. The molecule has 0 fully saturated rings. The first-order chi connectivity index (χ1) is 4.66. The van der Waals surface area contributed by atoms with Crippen LogP contribution in [0.15, 0.2) is 0 Å². The lowest BCUT2D eigenvalue weighted by molar-refractivity contribution is 1.06. The SMILES string of the molecule is Cc1nc(NN)c(C)n1P. The molecule has 3 N–H and O–H groups in total. The van der Waals surface area contributed by atoms with Gasteiger partial charge in [0.25, 0.3) is 0 Å². The van der Waals surface area contributed by atoms with E-state index in [1.807, 2.05) is 18.2 Å². The van der Waals surface area contributed by atoms with Crippen molar-refractivity contribution in [3.63, 3.8) is 0 Å². The van der Waals surface area contributed by atoms with E-state index in [1.165, 1.54) is 0 Å². The Bertz CT molecular complexity index is 242. The lowest BCUT2D eigenvalue weighted by Crippen LogP contribution is -2.08. The highest BCUT2D eigenvalue weighted by molar-refractivity contribution is 7.14. The number of rotatable bonds is 1. The third kappa shape index (κ3) is 1.00. The summed E-state index contributed by atoms with van der Waals surface area (Å²) in [7, 11) is 2.55. The van der Waals surface area contributed by atoms with Crippen LogP contribution in [0.3, 0.4) is 0 Å². The third-order valence-electron chi connectivity index (χ3n) is 1.46. The first kappa shape index (κ1) is 7.51. The average Bonchev–Trinajstić information content (AvgIpc) is 2.17. The summed E-state index contributed by atoms with van der Waals surface area (Å²) < 4.78 is 1.90. The van der Waals surface area contributed by atoms with Gasteiger partial charge in [-0.25, -0.2) is 10.8 Å². The largest absolute Gasteiger partial charge is 0.315 e. The number of hydrazine groups is 1. The maximum Gasteiger partial charge on any atom is 0.161 e. The predicted octanol–water partition coefficient (Wildman–Crippen LogP) is 0.424. The van der Waals surface area contributed by atoms with Gasteiger partial charge in [0.15, 0.2) is 5.82 Å². The second-order valence-corrected chi connectivity index (χ2v) is 2.62. The summed E-state index contributed by atoms with van der Waals surface area (Å²) in [6.45, 7) is 3.86. The van der Waals surface area contributed by atoms with Crippen LogP contribution in [0.25, 0.3) is 0 Å². The Hall–Kier alpha value is -0.600. The van der Waals surface area contributed by atoms with Gasteiger partial charge >= 0.3 is 0 Å². The van der Waals surface area contributed by atoms with Crippen LogP contribution in [0, 0.1) is 13.8 Å². The Morgan fingerprint density at radius 1 is 1.60 bits per heavy atom. The minimum Gasteiger partial charge on any atom is -0.315 e. The van der Waals surface area contributed by atoms with Gasteiger partial charge in [0, 0.05) is 0 Å². The van der Waals surface area contributed by atoms with Crippen LogP contribution in [0.5, 0.6) is 0 Å². The lowest BCUT2D eigenvalue weighted by Gasteiger charge is -1.96. The van der Waals surface area contributed by atoms with Gasteiger partial charge in [-0.3, -0.25) is 0 Å². The second-order valence-electron chi connectivity index (χ2n) is 2.11. The molecule has 56 valence electrons. The summed E-state index contributed by atoms with van der Waals surface area (Å²) in [5, 5.41) is 0. The van der Waals surface area contributed by atoms with Crippen molar-refractivity contribution in [3.8, 4) is 0 Å². The highest BCUT2D eigenvalue weighted by atomic mass is 31.0. The summed E-state index contributed by atoms with van der Waals surface area (Å²) in [6, 6.07) is 0. The Morgan fingerprint density at radius 2 is 2.20 bits per heavy atom. The van der Waals surface area contributed by atoms with Crippen LogP contribution in [-0.4, -0.2) is 9.32 Å². The number of hydrogen-bond acceptors (Lipinski definition) is 3. The standard InChI is InChI=1S/C5H11N4P/c1-3-5(8-6)7-4(2)9(3)10/h8H,6,10H2,1-2H3. The molecular weight excluding hydrogens is 147 g/mol. The van der Waals surface area contributed by atoms with Crippen molar-refractivity contribution in [1.29, 1.82) is 0 Å². The van der Waals surface area contributed by atoms with Gasteiger partial charge in [0.1, 0.15) is 5.82 Å². The van der Waals surface area contributed by atoms with E-state index in [0.717, 1.165) is 17.3 Å². The van der Waals surface area contributed by atoms with E-state index in [4.69, 9.17) is 5.84 Å². The molecule has 1 aromatic heterocycles. The van der Waals surface area contributed by atoms with Crippen LogP contribution < -0.4 is 11.3 Å². The number of nitrogens with two attached hydrogens (primary N) is 1. The molecule has 10 heavy (non-hydrogen) atoms. The van der Waals surface area contributed by atoms with E-state index < -0.39 is 0 Å². The number of aromatic nitrogens is 2. The summed E-state index contributed by atoms with van der Waals surface area (Å²) in [5.74, 6) is 6.85. The number of nitrogen functional groups attached to an aromatic ring is 1. The minimum absolute atomic E-state index is 0.729. The van der Waals surface area contributed by atoms with Gasteiger partial charge < -0.3 is 9.76 Å². The molecule has 0 aliphatic rings. The summed E-state index contributed by atoms with van der Waals surface area (Å²) in [4.78, 5) is 4.13. The molecule has 5 heteroatoms. The van der Waals surface area contributed by atoms with Crippen molar-refractivity contribution in [2.45, 2.75) is 13.8 Å². The second kappa shape index (κ2) is 2.56. The maximum atomic E-state index is 5.20. The van der Waals surface area contributed by atoms with Gasteiger partial charge in [-0.15, -0.1) is 0 Å². The molecule has 0 aliphatic heterocycles. The first-order valence-corrected chi connectivity index (χ1v) is 3.46. The number of nitrogens with one attached hydrogen (secondary N) is 1. The van der Waals surface area contributed by atoms with E-state index in [9.17, 15) is 0 Å².